The molecular formula is C28H29FN4O. The van der Waals surface area contributed by atoms with E-state index in [1.165, 1.54) is 6.07 Å². The summed E-state index contributed by atoms with van der Waals surface area (Å²) in [5.41, 5.74) is 3.47. The SMILES string of the molecule is N#Cc1ccc(CNC(=O)C2CCN(CCN(c3ccccc3)c3cccc(F)c3)CC2)cc1. The van der Waals surface area contributed by atoms with Crippen LogP contribution in [-0.4, -0.2) is 37.0 Å². The number of hydrogen-bond acceptors (Lipinski definition) is 4. The third kappa shape index (κ3) is 6.21. The minimum atomic E-state index is -0.244. The Morgan fingerprint density at radius 1 is 1.00 bits per heavy atom. The van der Waals surface area contributed by atoms with Crippen LogP contribution in [0.5, 0.6) is 0 Å². The van der Waals surface area contributed by atoms with E-state index in [4.69, 9.17) is 5.26 Å². The van der Waals surface area contributed by atoms with Gasteiger partial charge in [0.25, 0.3) is 0 Å². The molecule has 0 atom stereocenters. The van der Waals surface area contributed by atoms with E-state index in [2.05, 4.69) is 21.2 Å². The Balaban J connectivity index is 1.27. The second-order valence-electron chi connectivity index (χ2n) is 8.61. The second kappa shape index (κ2) is 11.4. The minimum Gasteiger partial charge on any atom is -0.352 e. The van der Waals surface area contributed by atoms with Crippen molar-refractivity contribution >= 4 is 17.3 Å². The van der Waals surface area contributed by atoms with Crippen molar-refractivity contribution in [2.75, 3.05) is 31.1 Å². The molecule has 5 nitrogen and oxygen atoms in total. The van der Waals surface area contributed by atoms with Crippen LogP contribution in [0.4, 0.5) is 15.8 Å². The molecule has 1 aliphatic rings. The largest absolute Gasteiger partial charge is 0.352 e. The van der Waals surface area contributed by atoms with E-state index >= 15 is 0 Å². The molecule has 0 bridgehead atoms. The molecule has 1 fully saturated rings. The summed E-state index contributed by atoms with van der Waals surface area (Å²) in [5.74, 6) is -0.135. The number of nitrogens with zero attached hydrogens (tertiary/aromatic N) is 3. The fourth-order valence-electron chi connectivity index (χ4n) is 4.35. The average Bonchev–Trinajstić information content (AvgIpc) is 2.89. The number of carbonyl (C=O) groups is 1. The van der Waals surface area contributed by atoms with Gasteiger partial charge in [0, 0.05) is 36.9 Å². The molecule has 0 aliphatic carbocycles. The van der Waals surface area contributed by atoms with Crippen LogP contribution in [0.1, 0.15) is 24.0 Å². The molecule has 0 saturated carbocycles. The first-order chi connectivity index (χ1) is 16.6. The summed E-state index contributed by atoms with van der Waals surface area (Å²) in [4.78, 5) is 17.2. The molecule has 174 valence electrons. The van der Waals surface area contributed by atoms with E-state index in [-0.39, 0.29) is 17.6 Å². The smallest absolute Gasteiger partial charge is 0.223 e. The third-order valence-electron chi connectivity index (χ3n) is 6.34. The van der Waals surface area contributed by atoms with E-state index < -0.39 is 0 Å². The molecule has 1 N–H and O–H groups in total. The van der Waals surface area contributed by atoms with Crippen molar-refractivity contribution < 1.29 is 9.18 Å². The van der Waals surface area contributed by atoms with Crippen molar-refractivity contribution in [1.82, 2.24) is 10.2 Å². The number of para-hydroxylation sites is 1. The molecule has 0 radical (unpaired) electrons. The standard InChI is InChI=1S/C28H29FN4O/c29-25-5-4-8-27(19-25)33(26-6-2-1-3-7-26)18-17-32-15-13-24(14-16-32)28(34)31-21-23-11-9-22(20-30)10-12-23/h1-12,19,24H,13-18,21H2,(H,31,34). The van der Waals surface area contributed by atoms with Gasteiger partial charge in [0.1, 0.15) is 5.82 Å². The maximum absolute atomic E-state index is 13.9. The fraction of sp³-hybridized carbons (Fsp3) is 0.286. The lowest BCUT2D eigenvalue weighted by molar-refractivity contribution is -0.126. The normalized spacial score (nSPS) is 14.4. The molecule has 34 heavy (non-hydrogen) atoms. The fourth-order valence-corrected chi connectivity index (χ4v) is 4.35. The van der Waals surface area contributed by atoms with Gasteiger partial charge in [-0.25, -0.2) is 4.39 Å². The monoisotopic (exact) mass is 456 g/mol. The maximum Gasteiger partial charge on any atom is 0.223 e. The molecule has 3 aromatic rings. The number of benzene rings is 3. The van der Waals surface area contributed by atoms with Gasteiger partial charge in [0.2, 0.25) is 5.91 Å². The van der Waals surface area contributed by atoms with Crippen molar-refractivity contribution in [3.8, 4) is 6.07 Å². The number of nitriles is 1. The first-order valence-corrected chi connectivity index (χ1v) is 11.7. The highest BCUT2D eigenvalue weighted by Gasteiger charge is 2.25. The van der Waals surface area contributed by atoms with Gasteiger partial charge in [-0.05, 0) is 74.0 Å². The van der Waals surface area contributed by atoms with Crippen LogP contribution in [0.25, 0.3) is 0 Å². The topological polar surface area (TPSA) is 59.4 Å². The number of hydrogen-bond donors (Lipinski definition) is 1. The Kier molecular flexibility index (Phi) is 7.90. The highest BCUT2D eigenvalue weighted by atomic mass is 19.1. The Hall–Kier alpha value is -3.69. The van der Waals surface area contributed by atoms with Crippen LogP contribution >= 0.6 is 0 Å². The predicted molar refractivity (Wildman–Crippen MR) is 132 cm³/mol. The van der Waals surface area contributed by atoms with Crippen molar-refractivity contribution in [2.24, 2.45) is 5.92 Å². The highest BCUT2D eigenvalue weighted by molar-refractivity contribution is 5.78. The van der Waals surface area contributed by atoms with Gasteiger partial charge >= 0.3 is 0 Å². The lowest BCUT2D eigenvalue weighted by Gasteiger charge is -2.34. The van der Waals surface area contributed by atoms with Crippen LogP contribution in [0.15, 0.2) is 78.9 Å². The van der Waals surface area contributed by atoms with Crippen LogP contribution in [0, 0.1) is 23.1 Å². The number of nitrogens with one attached hydrogen (secondary N) is 1. The van der Waals surface area contributed by atoms with Gasteiger partial charge in [0.15, 0.2) is 0 Å². The van der Waals surface area contributed by atoms with Gasteiger partial charge in [-0.2, -0.15) is 5.26 Å². The molecule has 4 rings (SSSR count). The molecule has 1 saturated heterocycles. The predicted octanol–water partition coefficient (Wildman–Crippen LogP) is 4.86. The van der Waals surface area contributed by atoms with Gasteiger partial charge in [0.05, 0.1) is 11.6 Å². The molecule has 0 spiro atoms. The van der Waals surface area contributed by atoms with E-state index in [9.17, 15) is 9.18 Å². The molecule has 3 aromatic carbocycles. The summed E-state index contributed by atoms with van der Waals surface area (Å²) in [6.45, 7) is 3.78. The molecule has 0 unspecified atom stereocenters. The van der Waals surface area contributed by atoms with Crippen LogP contribution < -0.4 is 10.2 Å². The van der Waals surface area contributed by atoms with Crippen molar-refractivity contribution in [3.05, 3.63) is 95.8 Å². The number of halogens is 1. The Morgan fingerprint density at radius 3 is 2.38 bits per heavy atom. The average molecular weight is 457 g/mol. The summed E-state index contributed by atoms with van der Waals surface area (Å²) >= 11 is 0. The first kappa shape index (κ1) is 23.5. The number of rotatable bonds is 8. The maximum atomic E-state index is 13.9. The van der Waals surface area contributed by atoms with Gasteiger partial charge < -0.3 is 15.1 Å². The zero-order chi connectivity index (χ0) is 23.8. The lowest BCUT2D eigenvalue weighted by Crippen LogP contribution is -2.42. The van der Waals surface area contributed by atoms with Crippen molar-refractivity contribution in [1.29, 1.82) is 5.26 Å². The summed E-state index contributed by atoms with van der Waals surface area (Å²) < 4.78 is 13.9. The molecular weight excluding hydrogens is 427 g/mol. The summed E-state index contributed by atoms with van der Waals surface area (Å²) in [6.07, 6.45) is 1.65. The Bertz CT molecular complexity index is 1120. The number of likely N-dealkylation sites (tertiary alicyclic amines) is 1. The number of amides is 1. The minimum absolute atomic E-state index is 0.0167. The summed E-state index contributed by atoms with van der Waals surface area (Å²) in [5, 5.41) is 11.9. The highest BCUT2D eigenvalue weighted by Crippen LogP contribution is 2.26. The van der Waals surface area contributed by atoms with Crippen LogP contribution in [-0.2, 0) is 11.3 Å². The third-order valence-corrected chi connectivity index (χ3v) is 6.34. The molecule has 6 heteroatoms. The van der Waals surface area contributed by atoms with Crippen LogP contribution in [0.2, 0.25) is 0 Å². The van der Waals surface area contributed by atoms with Crippen molar-refractivity contribution in [2.45, 2.75) is 19.4 Å². The zero-order valence-corrected chi connectivity index (χ0v) is 19.2. The van der Waals surface area contributed by atoms with Crippen molar-refractivity contribution in [3.63, 3.8) is 0 Å². The van der Waals surface area contributed by atoms with Gasteiger partial charge in [-0.3, -0.25) is 4.79 Å². The summed E-state index contributed by atoms with van der Waals surface area (Å²) in [7, 11) is 0. The molecule has 1 aliphatic heterocycles. The Labute approximate surface area is 200 Å². The lowest BCUT2D eigenvalue weighted by atomic mass is 9.95. The second-order valence-corrected chi connectivity index (χ2v) is 8.61. The van der Waals surface area contributed by atoms with E-state index in [1.807, 2.05) is 48.5 Å². The quantitative estimate of drug-likeness (QED) is 0.526. The van der Waals surface area contributed by atoms with E-state index in [0.717, 1.165) is 56.0 Å². The number of carbonyl (C=O) groups excluding carboxylic acids is 1. The molecule has 0 aromatic heterocycles. The number of anilines is 2. The molecule has 1 heterocycles. The zero-order valence-electron chi connectivity index (χ0n) is 19.2. The summed E-state index contributed by atoms with van der Waals surface area (Å²) in [6, 6.07) is 26.1. The van der Waals surface area contributed by atoms with Crippen LogP contribution in [0.3, 0.4) is 0 Å². The Morgan fingerprint density at radius 2 is 1.71 bits per heavy atom. The van der Waals surface area contributed by atoms with Gasteiger partial charge in [-0.15, -0.1) is 0 Å². The van der Waals surface area contributed by atoms with Gasteiger partial charge in [-0.1, -0.05) is 36.4 Å². The molecule has 1 amide bonds. The number of piperidine rings is 1. The first-order valence-electron chi connectivity index (χ1n) is 11.7. The van der Waals surface area contributed by atoms with E-state index in [1.54, 1.807) is 24.3 Å². The van der Waals surface area contributed by atoms with E-state index in [0.29, 0.717) is 12.1 Å².